The van der Waals surface area contributed by atoms with Gasteiger partial charge >= 0.3 is 0 Å². The number of hydrazone groups is 1. The van der Waals surface area contributed by atoms with Crippen LogP contribution in [0.1, 0.15) is 5.56 Å². The number of hydrogen-bond acceptors (Lipinski definition) is 5. The molecule has 0 bridgehead atoms. The van der Waals surface area contributed by atoms with Crippen molar-refractivity contribution >= 4 is 51.3 Å². The Bertz CT molecular complexity index is 815. The van der Waals surface area contributed by atoms with Gasteiger partial charge in [-0.1, -0.05) is 39.1 Å². The normalized spacial score (nSPS) is 10.7. The summed E-state index contributed by atoms with van der Waals surface area (Å²) in [5.74, 6) is 0.0269. The van der Waals surface area contributed by atoms with Gasteiger partial charge in [-0.15, -0.1) is 0 Å². The van der Waals surface area contributed by atoms with Gasteiger partial charge in [-0.05, 0) is 30.3 Å². The van der Waals surface area contributed by atoms with E-state index < -0.39 is 5.91 Å². The number of hydrogen-bond donors (Lipinski definition) is 2. The maximum atomic E-state index is 11.7. The van der Waals surface area contributed by atoms with Crippen molar-refractivity contribution < 1.29 is 19.4 Å². The maximum absolute atomic E-state index is 11.7. The van der Waals surface area contributed by atoms with E-state index in [1.165, 1.54) is 19.4 Å². The second-order valence-corrected chi connectivity index (χ2v) is 6.46. The van der Waals surface area contributed by atoms with Gasteiger partial charge in [-0.3, -0.25) is 4.79 Å². The van der Waals surface area contributed by atoms with Crippen molar-refractivity contribution in [3.63, 3.8) is 0 Å². The van der Waals surface area contributed by atoms with Crippen molar-refractivity contribution in [2.75, 3.05) is 13.7 Å². The second-order valence-electron chi connectivity index (χ2n) is 4.70. The molecule has 25 heavy (non-hydrogen) atoms. The molecule has 0 spiro atoms. The molecule has 0 unspecified atom stereocenters. The molecule has 2 N–H and O–H groups in total. The predicted octanol–water partition coefficient (Wildman–Crippen LogP) is 4.00. The van der Waals surface area contributed by atoms with Crippen molar-refractivity contribution in [2.45, 2.75) is 0 Å². The van der Waals surface area contributed by atoms with Crippen molar-refractivity contribution in [2.24, 2.45) is 5.10 Å². The van der Waals surface area contributed by atoms with Gasteiger partial charge in [0.1, 0.15) is 5.75 Å². The first kappa shape index (κ1) is 19.4. The summed E-state index contributed by atoms with van der Waals surface area (Å²) in [6.45, 7) is -0.285. The maximum Gasteiger partial charge on any atom is 0.277 e. The Balaban J connectivity index is 1.93. The average Bonchev–Trinajstić information content (AvgIpc) is 2.56. The van der Waals surface area contributed by atoms with Crippen LogP contribution in [0.15, 0.2) is 39.9 Å². The second kappa shape index (κ2) is 8.94. The Labute approximate surface area is 162 Å². The Hall–Kier alpha value is -1.96. The average molecular weight is 448 g/mol. The summed E-state index contributed by atoms with van der Waals surface area (Å²) in [6, 6.07) is 7.90. The Morgan fingerprint density at radius 2 is 2.08 bits per heavy atom. The van der Waals surface area contributed by atoms with Crippen LogP contribution in [0.4, 0.5) is 0 Å². The minimum Gasteiger partial charge on any atom is -0.504 e. The molecule has 0 fully saturated rings. The molecule has 1 amide bonds. The van der Waals surface area contributed by atoms with Crippen LogP contribution in [0.2, 0.25) is 10.0 Å². The zero-order valence-electron chi connectivity index (χ0n) is 12.9. The van der Waals surface area contributed by atoms with Crippen LogP contribution in [0.25, 0.3) is 0 Å². The third-order valence-electron chi connectivity index (χ3n) is 2.93. The van der Waals surface area contributed by atoms with Gasteiger partial charge in [-0.25, -0.2) is 5.43 Å². The van der Waals surface area contributed by atoms with E-state index in [9.17, 15) is 9.90 Å². The van der Waals surface area contributed by atoms with Gasteiger partial charge in [0.05, 0.1) is 18.3 Å². The third kappa shape index (κ3) is 5.52. The number of methoxy groups -OCH3 is 1. The summed E-state index contributed by atoms with van der Waals surface area (Å²) in [4.78, 5) is 11.7. The van der Waals surface area contributed by atoms with Gasteiger partial charge in [0.15, 0.2) is 18.1 Å². The summed E-state index contributed by atoms with van der Waals surface area (Å²) in [5.41, 5.74) is 2.65. The number of halogens is 3. The highest BCUT2D eigenvalue weighted by Crippen LogP contribution is 2.32. The molecule has 0 saturated carbocycles. The molecule has 2 rings (SSSR count). The minimum absolute atomic E-state index is 0.0899. The smallest absolute Gasteiger partial charge is 0.277 e. The first-order valence-corrected chi connectivity index (χ1v) is 8.42. The van der Waals surface area contributed by atoms with Crippen LogP contribution in [0.5, 0.6) is 17.2 Å². The number of nitrogens with one attached hydrogen (secondary N) is 1. The Morgan fingerprint density at radius 3 is 2.76 bits per heavy atom. The van der Waals surface area contributed by atoms with E-state index in [-0.39, 0.29) is 18.1 Å². The number of carbonyl (C=O) groups is 1. The number of ether oxygens (including phenoxy) is 2. The lowest BCUT2D eigenvalue weighted by Crippen LogP contribution is -2.24. The van der Waals surface area contributed by atoms with Crippen molar-refractivity contribution in [3.05, 3.63) is 50.4 Å². The van der Waals surface area contributed by atoms with E-state index in [2.05, 4.69) is 26.5 Å². The molecule has 0 heterocycles. The van der Waals surface area contributed by atoms with Crippen LogP contribution >= 0.6 is 39.1 Å². The SMILES string of the molecule is COc1cc(Br)cc(C=NNC(=O)COc2ccc(Cl)cc2Cl)c1O. The van der Waals surface area contributed by atoms with Gasteiger partial charge in [0.2, 0.25) is 0 Å². The molecule has 0 radical (unpaired) electrons. The number of aromatic hydroxyl groups is 1. The van der Waals surface area contributed by atoms with Crippen LogP contribution in [-0.2, 0) is 4.79 Å². The summed E-state index contributed by atoms with van der Waals surface area (Å²) >= 11 is 15.0. The fourth-order valence-electron chi connectivity index (χ4n) is 1.79. The van der Waals surface area contributed by atoms with Crippen LogP contribution in [-0.4, -0.2) is 30.9 Å². The van der Waals surface area contributed by atoms with E-state index >= 15 is 0 Å². The molecular weight excluding hydrogens is 435 g/mol. The number of phenolic OH excluding ortho intramolecular Hbond substituents is 1. The summed E-state index contributed by atoms with van der Waals surface area (Å²) in [6.07, 6.45) is 1.29. The van der Waals surface area contributed by atoms with E-state index in [1.54, 1.807) is 24.3 Å². The highest BCUT2D eigenvalue weighted by Gasteiger charge is 2.09. The molecular formula is C16H13BrCl2N2O4. The molecule has 0 aliphatic heterocycles. The number of benzene rings is 2. The van der Waals surface area contributed by atoms with Crippen LogP contribution < -0.4 is 14.9 Å². The monoisotopic (exact) mass is 446 g/mol. The number of amides is 1. The summed E-state index contributed by atoms with van der Waals surface area (Å²) in [5, 5.41) is 14.5. The molecule has 0 atom stereocenters. The lowest BCUT2D eigenvalue weighted by molar-refractivity contribution is -0.123. The Kier molecular flexibility index (Phi) is 6.92. The Morgan fingerprint density at radius 1 is 1.32 bits per heavy atom. The quantitative estimate of drug-likeness (QED) is 0.518. The topological polar surface area (TPSA) is 80.2 Å². The number of rotatable bonds is 6. The third-order valence-corrected chi connectivity index (χ3v) is 3.92. The van der Waals surface area contributed by atoms with Gasteiger partial charge in [-0.2, -0.15) is 5.10 Å². The standard InChI is InChI=1S/C16H13BrCl2N2O4/c1-24-14-5-10(17)4-9(16(14)23)7-20-21-15(22)8-25-13-3-2-11(18)6-12(13)19/h2-7,23H,8H2,1H3,(H,21,22). The molecule has 0 aromatic heterocycles. The van der Waals surface area contributed by atoms with Crippen LogP contribution in [0, 0.1) is 0 Å². The zero-order chi connectivity index (χ0) is 18.4. The number of carbonyl (C=O) groups excluding carboxylic acids is 1. The molecule has 2 aromatic rings. The lowest BCUT2D eigenvalue weighted by Gasteiger charge is -2.08. The van der Waals surface area contributed by atoms with Crippen molar-refractivity contribution in [1.82, 2.24) is 5.43 Å². The first-order valence-electron chi connectivity index (χ1n) is 6.87. The van der Waals surface area contributed by atoms with Crippen molar-refractivity contribution in [3.8, 4) is 17.2 Å². The molecule has 0 aliphatic rings. The first-order chi connectivity index (χ1) is 11.9. The highest BCUT2D eigenvalue weighted by molar-refractivity contribution is 9.10. The van der Waals surface area contributed by atoms with E-state index in [4.69, 9.17) is 32.7 Å². The lowest BCUT2D eigenvalue weighted by atomic mass is 10.2. The largest absolute Gasteiger partial charge is 0.504 e. The minimum atomic E-state index is -0.497. The zero-order valence-corrected chi connectivity index (χ0v) is 16.0. The number of phenols is 1. The fraction of sp³-hybridized carbons (Fsp3) is 0.125. The van der Waals surface area contributed by atoms with E-state index in [1.807, 2.05) is 0 Å². The molecule has 9 heteroatoms. The molecule has 2 aromatic carbocycles. The van der Waals surface area contributed by atoms with E-state index in [0.717, 1.165) is 0 Å². The summed E-state index contributed by atoms with van der Waals surface area (Å²) < 4.78 is 11.0. The van der Waals surface area contributed by atoms with Crippen molar-refractivity contribution in [1.29, 1.82) is 0 Å². The molecule has 0 saturated heterocycles. The predicted molar refractivity (Wildman–Crippen MR) is 100 cm³/mol. The van der Waals surface area contributed by atoms with Gasteiger partial charge < -0.3 is 14.6 Å². The van der Waals surface area contributed by atoms with Gasteiger partial charge in [0, 0.05) is 15.1 Å². The molecule has 132 valence electrons. The van der Waals surface area contributed by atoms with Crippen LogP contribution in [0.3, 0.4) is 0 Å². The molecule has 0 aliphatic carbocycles. The highest BCUT2D eigenvalue weighted by atomic mass is 79.9. The molecule has 6 nitrogen and oxygen atoms in total. The fourth-order valence-corrected chi connectivity index (χ4v) is 2.71. The summed E-state index contributed by atoms with van der Waals surface area (Å²) in [7, 11) is 1.43. The van der Waals surface area contributed by atoms with Gasteiger partial charge in [0.25, 0.3) is 5.91 Å². The number of nitrogens with zero attached hydrogens (tertiary/aromatic N) is 1. The van der Waals surface area contributed by atoms with E-state index in [0.29, 0.717) is 25.8 Å².